The lowest BCUT2D eigenvalue weighted by atomic mass is 9.98. The zero-order valence-electron chi connectivity index (χ0n) is 14.1. The third kappa shape index (κ3) is 3.55. The van der Waals surface area contributed by atoms with Crippen molar-refractivity contribution in [1.82, 2.24) is 5.32 Å². The molecule has 1 aliphatic carbocycles. The van der Waals surface area contributed by atoms with E-state index in [1.807, 2.05) is 36.4 Å². The number of carbonyl (C=O) groups is 2. The van der Waals surface area contributed by atoms with Crippen LogP contribution in [0.2, 0.25) is 0 Å². The van der Waals surface area contributed by atoms with Gasteiger partial charge in [0.05, 0.1) is 0 Å². The van der Waals surface area contributed by atoms with Crippen LogP contribution in [0, 0.1) is 12.3 Å². The summed E-state index contributed by atoms with van der Waals surface area (Å²) in [6.45, 7) is 0.140. The summed E-state index contributed by atoms with van der Waals surface area (Å²) >= 11 is 0. The molecule has 0 heterocycles. The molecule has 1 amide bonds. The largest absolute Gasteiger partial charge is 0.480 e. The van der Waals surface area contributed by atoms with Gasteiger partial charge in [-0.15, -0.1) is 12.3 Å². The molecule has 1 unspecified atom stereocenters. The molecule has 0 spiro atoms. The number of benzene rings is 2. The number of aliphatic carboxylic acids is 1. The molecule has 0 saturated heterocycles. The van der Waals surface area contributed by atoms with Gasteiger partial charge in [0.25, 0.3) is 0 Å². The monoisotopic (exact) mass is 349 g/mol. The van der Waals surface area contributed by atoms with Crippen molar-refractivity contribution in [3.63, 3.8) is 0 Å². The molecule has 5 heteroatoms. The van der Waals surface area contributed by atoms with Gasteiger partial charge in [-0.25, -0.2) is 9.59 Å². The lowest BCUT2D eigenvalue weighted by Crippen LogP contribution is -2.41. The summed E-state index contributed by atoms with van der Waals surface area (Å²) in [7, 11) is 0. The summed E-state index contributed by atoms with van der Waals surface area (Å²) in [6.07, 6.45) is 4.83. The maximum Gasteiger partial charge on any atom is 0.407 e. The van der Waals surface area contributed by atoms with Crippen molar-refractivity contribution in [3.8, 4) is 23.5 Å². The molecule has 0 saturated carbocycles. The molecule has 26 heavy (non-hydrogen) atoms. The maximum absolute atomic E-state index is 12.1. The van der Waals surface area contributed by atoms with Crippen LogP contribution in [0.1, 0.15) is 29.9 Å². The lowest BCUT2D eigenvalue weighted by molar-refractivity contribution is -0.139. The van der Waals surface area contributed by atoms with Gasteiger partial charge in [0.15, 0.2) is 0 Å². The van der Waals surface area contributed by atoms with Crippen molar-refractivity contribution in [1.29, 1.82) is 0 Å². The minimum absolute atomic E-state index is 0.0675. The highest BCUT2D eigenvalue weighted by Gasteiger charge is 2.29. The van der Waals surface area contributed by atoms with Gasteiger partial charge >= 0.3 is 12.1 Å². The van der Waals surface area contributed by atoms with E-state index in [1.165, 1.54) is 0 Å². The number of rotatable bonds is 6. The fraction of sp³-hybridized carbons (Fsp3) is 0.238. The third-order valence-electron chi connectivity index (χ3n) is 4.51. The minimum atomic E-state index is -1.13. The van der Waals surface area contributed by atoms with E-state index in [2.05, 4.69) is 23.4 Å². The molecular formula is C21H19NO4. The average Bonchev–Trinajstić information content (AvgIpc) is 2.97. The first kappa shape index (κ1) is 17.6. The molecule has 0 radical (unpaired) electrons. The molecule has 2 aromatic rings. The molecule has 0 bridgehead atoms. The summed E-state index contributed by atoms with van der Waals surface area (Å²) in [5.41, 5.74) is 4.47. The highest BCUT2D eigenvalue weighted by molar-refractivity contribution is 5.81. The van der Waals surface area contributed by atoms with E-state index in [1.54, 1.807) is 0 Å². The Labute approximate surface area is 152 Å². The Hall–Kier alpha value is -3.26. The Kier molecular flexibility index (Phi) is 5.23. The molecule has 5 nitrogen and oxygen atoms in total. The molecule has 3 rings (SSSR count). The zero-order valence-corrected chi connectivity index (χ0v) is 14.1. The van der Waals surface area contributed by atoms with Crippen LogP contribution in [0.3, 0.4) is 0 Å². The summed E-state index contributed by atoms with van der Waals surface area (Å²) in [4.78, 5) is 23.2. The fourth-order valence-corrected chi connectivity index (χ4v) is 3.27. The second kappa shape index (κ2) is 7.75. The van der Waals surface area contributed by atoms with Gasteiger partial charge in [-0.1, -0.05) is 48.5 Å². The van der Waals surface area contributed by atoms with Crippen LogP contribution < -0.4 is 5.32 Å². The van der Waals surface area contributed by atoms with E-state index in [0.717, 1.165) is 22.3 Å². The standard InChI is InChI=1S/C21H19NO4/c1-2-3-12-19(20(23)24)22-21(25)26-13-18-16-10-6-4-8-14(16)15-9-5-7-11-17(15)18/h1,4-11,18-19H,3,12-13H2,(H,22,25)(H,23,24). The number of terminal acetylenes is 1. The van der Waals surface area contributed by atoms with E-state index in [0.29, 0.717) is 0 Å². The van der Waals surface area contributed by atoms with Crippen molar-refractivity contribution in [2.45, 2.75) is 24.8 Å². The number of hydrogen-bond donors (Lipinski definition) is 2. The van der Waals surface area contributed by atoms with Crippen LogP contribution in [-0.4, -0.2) is 29.8 Å². The van der Waals surface area contributed by atoms with Crippen molar-refractivity contribution in [2.75, 3.05) is 6.61 Å². The second-order valence-corrected chi connectivity index (χ2v) is 6.10. The Balaban J connectivity index is 1.69. The summed E-state index contributed by atoms with van der Waals surface area (Å²) in [5, 5.41) is 11.5. The predicted octanol–water partition coefficient (Wildman–Crippen LogP) is 3.39. The van der Waals surface area contributed by atoms with Gasteiger partial charge in [0, 0.05) is 12.3 Å². The van der Waals surface area contributed by atoms with Gasteiger partial charge in [-0.3, -0.25) is 0 Å². The smallest absolute Gasteiger partial charge is 0.407 e. The number of carbonyl (C=O) groups excluding carboxylic acids is 1. The van der Waals surface area contributed by atoms with Crippen molar-refractivity contribution in [3.05, 3.63) is 59.7 Å². The average molecular weight is 349 g/mol. The summed E-state index contributed by atoms with van der Waals surface area (Å²) in [5.74, 6) is 1.17. The van der Waals surface area contributed by atoms with E-state index in [9.17, 15) is 9.59 Å². The Morgan fingerprint density at radius 3 is 2.23 bits per heavy atom. The third-order valence-corrected chi connectivity index (χ3v) is 4.51. The quantitative estimate of drug-likeness (QED) is 0.784. The van der Waals surface area contributed by atoms with E-state index >= 15 is 0 Å². The molecule has 0 aromatic heterocycles. The number of nitrogens with one attached hydrogen (secondary N) is 1. The number of hydrogen-bond acceptors (Lipinski definition) is 3. The minimum Gasteiger partial charge on any atom is -0.480 e. The molecular weight excluding hydrogens is 330 g/mol. The second-order valence-electron chi connectivity index (χ2n) is 6.10. The number of ether oxygens (including phenoxy) is 1. The lowest BCUT2D eigenvalue weighted by Gasteiger charge is -2.17. The van der Waals surface area contributed by atoms with E-state index in [4.69, 9.17) is 16.3 Å². The summed E-state index contributed by atoms with van der Waals surface area (Å²) < 4.78 is 5.34. The van der Waals surface area contributed by atoms with E-state index < -0.39 is 18.1 Å². The van der Waals surface area contributed by atoms with Crippen molar-refractivity contribution >= 4 is 12.1 Å². The topological polar surface area (TPSA) is 75.6 Å². The fourth-order valence-electron chi connectivity index (χ4n) is 3.27. The van der Waals surface area contributed by atoms with Gasteiger partial charge in [0.1, 0.15) is 12.6 Å². The Bertz CT molecular complexity index is 823. The molecule has 0 fully saturated rings. The maximum atomic E-state index is 12.1. The van der Waals surface area contributed by atoms with Crippen LogP contribution in [0.15, 0.2) is 48.5 Å². The number of carboxylic acid groups (broad SMARTS) is 1. The highest BCUT2D eigenvalue weighted by Crippen LogP contribution is 2.44. The molecule has 1 atom stereocenters. The van der Waals surface area contributed by atoms with Crippen molar-refractivity contribution < 1.29 is 19.4 Å². The van der Waals surface area contributed by atoms with Crippen LogP contribution in [0.25, 0.3) is 11.1 Å². The zero-order chi connectivity index (χ0) is 18.5. The van der Waals surface area contributed by atoms with Gasteiger partial charge < -0.3 is 15.2 Å². The van der Waals surface area contributed by atoms with Gasteiger partial charge in [0.2, 0.25) is 0 Å². The molecule has 2 N–H and O–H groups in total. The van der Waals surface area contributed by atoms with Crippen LogP contribution in [-0.2, 0) is 9.53 Å². The number of amides is 1. The van der Waals surface area contributed by atoms with Crippen LogP contribution in [0.5, 0.6) is 0 Å². The Morgan fingerprint density at radius 2 is 1.69 bits per heavy atom. The van der Waals surface area contributed by atoms with Gasteiger partial charge in [-0.05, 0) is 28.7 Å². The van der Waals surface area contributed by atoms with Crippen LogP contribution in [0.4, 0.5) is 4.79 Å². The molecule has 0 aliphatic heterocycles. The summed E-state index contributed by atoms with van der Waals surface area (Å²) in [6, 6.07) is 15.0. The van der Waals surface area contributed by atoms with Crippen LogP contribution >= 0.6 is 0 Å². The molecule has 1 aliphatic rings. The molecule has 2 aromatic carbocycles. The van der Waals surface area contributed by atoms with E-state index in [-0.39, 0.29) is 25.4 Å². The molecule has 132 valence electrons. The highest BCUT2D eigenvalue weighted by atomic mass is 16.5. The van der Waals surface area contributed by atoms with Crippen molar-refractivity contribution in [2.24, 2.45) is 0 Å². The first-order chi connectivity index (χ1) is 12.6. The SMILES string of the molecule is C#CCCC(NC(=O)OCC1c2ccccc2-c2ccccc21)C(=O)O. The predicted molar refractivity (Wildman–Crippen MR) is 97.7 cm³/mol. The first-order valence-corrected chi connectivity index (χ1v) is 8.39. The number of alkyl carbamates (subject to hydrolysis) is 1. The first-order valence-electron chi connectivity index (χ1n) is 8.39. The normalized spacial score (nSPS) is 13.2. The Morgan fingerprint density at radius 1 is 1.12 bits per heavy atom. The van der Waals surface area contributed by atoms with Gasteiger partial charge in [-0.2, -0.15) is 0 Å². The number of fused-ring (bicyclic) bond motifs is 3. The number of carboxylic acids is 1.